The van der Waals surface area contributed by atoms with Crippen molar-refractivity contribution in [3.63, 3.8) is 0 Å². The van der Waals surface area contributed by atoms with Crippen molar-refractivity contribution in [2.24, 2.45) is 78.4 Å². The van der Waals surface area contributed by atoms with Crippen LogP contribution in [0.15, 0.2) is 15.0 Å². The van der Waals surface area contributed by atoms with Crippen LogP contribution in [0.5, 0.6) is 0 Å². The summed E-state index contributed by atoms with van der Waals surface area (Å²) in [6.45, 7) is 9.15. The Kier molecular flexibility index (Phi) is 34.7. The quantitative estimate of drug-likeness (QED) is 0.0155. The topological polar surface area (TPSA) is 532 Å². The molecular weight excluding hydrogens is 979 g/mol. The number of aliphatic hydroxyl groups excluding tert-OH is 1. The molecule has 0 radical (unpaired) electrons. The summed E-state index contributed by atoms with van der Waals surface area (Å²) in [6, 6.07) is -10.6. The molecule has 0 bridgehead atoms. The van der Waals surface area contributed by atoms with Crippen LogP contribution < -0.4 is 88.8 Å². The molecule has 0 aromatic carbocycles. The Morgan fingerprint density at radius 2 is 0.720 bits per heavy atom. The second-order valence-corrected chi connectivity index (χ2v) is 19.2. The molecule has 29 heteroatoms. The number of carboxylic acid groups (broad SMARTS) is 1. The Hall–Kier alpha value is -6.59. The van der Waals surface area contributed by atoms with Crippen LogP contribution >= 0.6 is 0 Å². The number of aliphatic carboxylic acids is 1. The van der Waals surface area contributed by atoms with E-state index in [-0.39, 0.29) is 114 Å². The largest absolute Gasteiger partial charge is 0.480 e. The van der Waals surface area contributed by atoms with Crippen molar-refractivity contribution >= 4 is 65.2 Å². The van der Waals surface area contributed by atoms with Crippen LogP contribution in [0.25, 0.3) is 0 Å². The highest BCUT2D eigenvalue weighted by Crippen LogP contribution is 2.12. The molecule has 7 amide bonds. The molecule has 0 aromatic rings. The van der Waals surface area contributed by atoms with Gasteiger partial charge in [-0.05, 0) is 115 Å². The van der Waals surface area contributed by atoms with Gasteiger partial charge in [-0.3, -0.25) is 48.5 Å². The van der Waals surface area contributed by atoms with Crippen molar-refractivity contribution in [1.82, 2.24) is 37.2 Å². The number of amides is 7. The first-order valence-electron chi connectivity index (χ1n) is 25.6. The number of hydrogen-bond donors (Lipinski definition) is 18. The summed E-state index contributed by atoms with van der Waals surface area (Å²) in [6.07, 6.45) is 1.13. The van der Waals surface area contributed by atoms with Gasteiger partial charge in [-0.1, -0.05) is 34.1 Å². The molecule has 0 heterocycles. The van der Waals surface area contributed by atoms with E-state index < -0.39 is 102 Å². The van der Waals surface area contributed by atoms with E-state index in [1.807, 2.05) is 13.8 Å². The lowest BCUT2D eigenvalue weighted by molar-refractivity contribution is -0.143. The van der Waals surface area contributed by atoms with Gasteiger partial charge in [0.05, 0.1) is 12.1 Å². The second-order valence-electron chi connectivity index (χ2n) is 19.2. The molecule has 0 fully saturated rings. The van der Waals surface area contributed by atoms with Crippen LogP contribution in [0, 0.1) is 11.8 Å². The van der Waals surface area contributed by atoms with Crippen molar-refractivity contribution in [3.8, 4) is 0 Å². The lowest BCUT2D eigenvalue weighted by atomic mass is 10.0. The zero-order valence-corrected chi connectivity index (χ0v) is 44.5. The number of carbonyl (C=O) groups is 8. The Morgan fingerprint density at radius 3 is 1.05 bits per heavy atom. The number of aliphatic imine (C=N–C) groups is 3. The third kappa shape index (κ3) is 31.0. The predicted octanol–water partition coefficient (Wildman–Crippen LogP) is -5.32. The van der Waals surface area contributed by atoms with Gasteiger partial charge in [-0.25, -0.2) is 4.79 Å². The molecule has 0 unspecified atom stereocenters. The SMILES string of the molecule is CC(C)C[C@H](NC(=O)[C@@H](NC(=O)[C@H](CCCCN)NC(=O)[C@H](CCCN=C(N)N)NC(=O)[C@H](CCCN=C(N)N)NC(=O)[C@H](CCCN=C(N)N)NC(=O)[C@H](CC(C)C)NC(=O)[C@@H](N)CCCCN)[C@@H](C)O)C(=O)O. The number of aliphatic hydroxyl groups is 1. The van der Waals surface area contributed by atoms with E-state index in [0.717, 1.165) is 0 Å². The van der Waals surface area contributed by atoms with E-state index in [9.17, 15) is 48.6 Å². The van der Waals surface area contributed by atoms with E-state index in [0.29, 0.717) is 38.6 Å². The van der Waals surface area contributed by atoms with Crippen molar-refractivity contribution in [2.75, 3.05) is 32.7 Å². The average molecular weight is 1070 g/mol. The van der Waals surface area contributed by atoms with Gasteiger partial charge in [0.2, 0.25) is 41.4 Å². The number of hydrogen-bond acceptors (Lipinski definition) is 15. The summed E-state index contributed by atoms with van der Waals surface area (Å²) in [5.74, 6) is -8.00. The van der Waals surface area contributed by atoms with E-state index in [4.69, 9.17) is 51.6 Å². The number of nitrogens with zero attached hydrogens (tertiary/aromatic N) is 3. The van der Waals surface area contributed by atoms with Gasteiger partial charge < -0.3 is 99.0 Å². The van der Waals surface area contributed by atoms with Crippen LogP contribution in [-0.2, 0) is 38.4 Å². The number of rotatable bonds is 40. The molecule has 0 aromatic heterocycles. The zero-order valence-electron chi connectivity index (χ0n) is 44.5. The average Bonchev–Trinajstić information content (AvgIpc) is 3.31. The predicted molar refractivity (Wildman–Crippen MR) is 285 cm³/mol. The molecule has 27 N–H and O–H groups in total. The van der Waals surface area contributed by atoms with Gasteiger partial charge in [0.1, 0.15) is 42.3 Å². The minimum atomic E-state index is -1.64. The standard InChI is InChI=1S/C46H91N19O10/c1-25(2)23-33(63-36(67)28(49)13-6-8-18-47)41(72)62-32(17-12-22-58-46(54)55)39(70)61-31(16-11-21-57-45(52)53)38(69)60-30(15-10-20-56-44(50)51)37(68)59-29(14-7-9-19-48)40(71)65-35(27(5)66)42(73)64-34(43(74)75)24-26(3)4/h25-35,66H,6-24,47-49H2,1-5H3,(H,59,68)(H,60,69)(H,61,70)(H,62,72)(H,63,67)(H,64,73)(H,65,71)(H,74,75)(H4,50,51,56)(H4,52,53,57)(H4,54,55,58)/t27-,28+,29+,30+,31+,32+,33+,34+,35+/m1/s1. The molecule has 0 saturated heterocycles. The van der Waals surface area contributed by atoms with Crippen molar-refractivity contribution in [1.29, 1.82) is 0 Å². The third-order valence-electron chi connectivity index (χ3n) is 11.3. The van der Waals surface area contributed by atoms with Crippen molar-refractivity contribution < 1.29 is 48.6 Å². The minimum Gasteiger partial charge on any atom is -0.480 e. The van der Waals surface area contributed by atoms with E-state index in [1.54, 1.807) is 13.8 Å². The van der Waals surface area contributed by atoms with E-state index >= 15 is 0 Å². The highest BCUT2D eigenvalue weighted by molar-refractivity contribution is 5.97. The summed E-state index contributed by atoms with van der Waals surface area (Å²) >= 11 is 0. The second kappa shape index (κ2) is 38.0. The summed E-state index contributed by atoms with van der Waals surface area (Å²) in [5.41, 5.74) is 50.6. The van der Waals surface area contributed by atoms with Crippen LogP contribution in [0.1, 0.15) is 125 Å². The Balaban J connectivity index is 7.09. The maximum Gasteiger partial charge on any atom is 0.326 e. The van der Waals surface area contributed by atoms with Gasteiger partial charge in [0, 0.05) is 19.6 Å². The normalized spacial score (nSPS) is 14.7. The summed E-state index contributed by atoms with van der Waals surface area (Å²) in [4.78, 5) is 121. The first-order chi connectivity index (χ1) is 35.2. The smallest absolute Gasteiger partial charge is 0.326 e. The molecule has 0 aliphatic heterocycles. The molecule has 0 spiro atoms. The Morgan fingerprint density at radius 1 is 0.413 bits per heavy atom. The molecule has 0 aliphatic rings. The minimum absolute atomic E-state index is 0.0140. The summed E-state index contributed by atoms with van der Waals surface area (Å²) < 4.78 is 0. The fourth-order valence-corrected chi connectivity index (χ4v) is 7.40. The molecular formula is C46H91N19O10. The maximum atomic E-state index is 14.4. The van der Waals surface area contributed by atoms with Gasteiger partial charge in [-0.15, -0.1) is 0 Å². The number of guanidine groups is 3. The summed E-state index contributed by atoms with van der Waals surface area (Å²) in [5, 5.41) is 38.5. The number of nitrogens with one attached hydrogen (secondary N) is 7. The first-order valence-corrected chi connectivity index (χ1v) is 25.6. The fraction of sp³-hybridized carbons (Fsp3) is 0.761. The molecule has 9 atom stereocenters. The summed E-state index contributed by atoms with van der Waals surface area (Å²) in [7, 11) is 0. The number of carbonyl (C=O) groups excluding carboxylic acids is 7. The van der Waals surface area contributed by atoms with Crippen LogP contribution in [-0.4, -0.2) is 163 Å². The molecule has 0 aliphatic carbocycles. The first kappa shape index (κ1) is 68.4. The molecule has 29 nitrogen and oxygen atoms in total. The van der Waals surface area contributed by atoms with Crippen molar-refractivity contribution in [2.45, 2.75) is 179 Å². The number of nitrogens with two attached hydrogens (primary N) is 9. The highest BCUT2D eigenvalue weighted by Gasteiger charge is 2.35. The molecule has 75 heavy (non-hydrogen) atoms. The van der Waals surface area contributed by atoms with Crippen LogP contribution in [0.4, 0.5) is 0 Å². The highest BCUT2D eigenvalue weighted by atomic mass is 16.4. The van der Waals surface area contributed by atoms with Gasteiger partial charge in [-0.2, -0.15) is 0 Å². The Labute approximate surface area is 440 Å². The van der Waals surface area contributed by atoms with E-state index in [2.05, 4.69) is 52.2 Å². The third-order valence-corrected chi connectivity index (χ3v) is 11.3. The Bertz CT molecular complexity index is 1870. The van der Waals surface area contributed by atoms with Gasteiger partial charge >= 0.3 is 5.97 Å². The van der Waals surface area contributed by atoms with Gasteiger partial charge in [0.25, 0.3) is 0 Å². The lowest BCUT2D eigenvalue weighted by Crippen LogP contribution is -2.61. The van der Waals surface area contributed by atoms with Crippen LogP contribution in [0.2, 0.25) is 0 Å². The maximum absolute atomic E-state index is 14.4. The zero-order chi connectivity index (χ0) is 57.2. The van der Waals surface area contributed by atoms with Gasteiger partial charge in [0.15, 0.2) is 17.9 Å². The molecule has 0 rings (SSSR count). The molecule has 430 valence electrons. The number of unbranched alkanes of at least 4 members (excludes halogenated alkanes) is 2. The monoisotopic (exact) mass is 1070 g/mol. The van der Waals surface area contributed by atoms with Crippen molar-refractivity contribution in [3.05, 3.63) is 0 Å². The fourth-order valence-electron chi connectivity index (χ4n) is 7.40. The van der Waals surface area contributed by atoms with E-state index in [1.165, 1.54) is 6.92 Å². The van der Waals surface area contributed by atoms with Crippen LogP contribution in [0.3, 0.4) is 0 Å². The lowest BCUT2D eigenvalue weighted by Gasteiger charge is -2.28. The molecule has 0 saturated carbocycles. The number of carboxylic acids is 1.